The predicted molar refractivity (Wildman–Crippen MR) is 78.6 cm³/mol. The van der Waals surface area contributed by atoms with Crippen LogP contribution < -0.4 is 11.2 Å². The van der Waals surface area contributed by atoms with Gasteiger partial charge in [-0.25, -0.2) is 4.79 Å². The van der Waals surface area contributed by atoms with Gasteiger partial charge in [0.2, 0.25) is 5.28 Å². The molecule has 0 radical (unpaired) electrons. The Kier molecular flexibility index (Phi) is 3.13. The van der Waals surface area contributed by atoms with Crippen molar-refractivity contribution in [3.8, 4) is 0 Å². The first-order valence-corrected chi connectivity index (χ1v) is 6.60. The quantitative estimate of drug-likeness (QED) is 0.647. The zero-order valence-corrected chi connectivity index (χ0v) is 12.2. The fourth-order valence-corrected chi connectivity index (χ4v) is 2.44. The number of rotatable bonds is 2. The summed E-state index contributed by atoms with van der Waals surface area (Å²) in [4.78, 5) is 32.6. The number of hydrogen-bond donors (Lipinski definition) is 0. The van der Waals surface area contributed by atoms with Crippen molar-refractivity contribution in [2.75, 3.05) is 0 Å². The maximum Gasteiger partial charge on any atom is 0.332 e. The van der Waals surface area contributed by atoms with Crippen molar-refractivity contribution < 1.29 is 0 Å². The molecule has 3 aromatic heterocycles. The van der Waals surface area contributed by atoms with Crippen molar-refractivity contribution in [1.82, 2.24) is 23.7 Å². The summed E-state index contributed by atoms with van der Waals surface area (Å²) in [6.07, 6.45) is 1.66. The molecule has 0 bridgehead atoms. The number of aromatic nitrogens is 5. The minimum absolute atomic E-state index is 0.147. The average Bonchev–Trinajstić information content (AvgIpc) is 2.81. The van der Waals surface area contributed by atoms with Gasteiger partial charge in [-0.1, -0.05) is 6.07 Å². The maximum absolute atomic E-state index is 12.3. The molecule has 108 valence electrons. The zero-order chi connectivity index (χ0) is 15.1. The molecule has 3 heterocycles. The number of nitrogens with zero attached hydrogens (tertiary/aromatic N) is 5. The summed E-state index contributed by atoms with van der Waals surface area (Å²) in [5.41, 5.74) is 0.434. The summed E-state index contributed by atoms with van der Waals surface area (Å²) in [5.74, 6) is 0. The van der Waals surface area contributed by atoms with Crippen LogP contribution in [0.2, 0.25) is 5.28 Å². The van der Waals surface area contributed by atoms with Gasteiger partial charge >= 0.3 is 5.69 Å². The number of fused-ring (bicyclic) bond motifs is 1. The number of pyridine rings is 1. The Morgan fingerprint density at radius 1 is 1.19 bits per heavy atom. The summed E-state index contributed by atoms with van der Waals surface area (Å²) >= 11 is 6.13. The standard InChI is InChI=1S/C13H12ClN5O2/c1-17-10-9(11(20)18(2)13(17)21)19(12(14)16-10)7-8-5-3-4-6-15-8/h3-6H,7H2,1-2H3. The molecule has 0 saturated carbocycles. The van der Waals surface area contributed by atoms with Crippen molar-refractivity contribution >= 4 is 22.8 Å². The summed E-state index contributed by atoms with van der Waals surface area (Å²) in [7, 11) is 2.98. The molecule has 3 rings (SSSR count). The number of aryl methyl sites for hydroxylation is 1. The summed E-state index contributed by atoms with van der Waals surface area (Å²) < 4.78 is 3.90. The molecule has 3 aromatic rings. The van der Waals surface area contributed by atoms with Crippen molar-refractivity contribution in [3.05, 3.63) is 56.2 Å². The monoisotopic (exact) mass is 305 g/mol. The molecule has 0 saturated heterocycles. The van der Waals surface area contributed by atoms with Crippen LogP contribution in [-0.2, 0) is 20.6 Å². The minimum atomic E-state index is -0.438. The zero-order valence-electron chi connectivity index (χ0n) is 11.4. The molecule has 0 spiro atoms. The van der Waals surface area contributed by atoms with Gasteiger partial charge in [0.05, 0.1) is 12.2 Å². The minimum Gasteiger partial charge on any atom is -0.303 e. The molecule has 7 nitrogen and oxygen atoms in total. The van der Waals surface area contributed by atoms with E-state index in [9.17, 15) is 9.59 Å². The highest BCUT2D eigenvalue weighted by atomic mass is 35.5. The molecule has 0 amide bonds. The predicted octanol–water partition coefficient (Wildman–Crippen LogP) is 0.530. The van der Waals surface area contributed by atoms with Gasteiger partial charge in [-0.3, -0.25) is 18.9 Å². The third kappa shape index (κ3) is 2.06. The molecular weight excluding hydrogens is 294 g/mol. The Hall–Kier alpha value is -2.41. The van der Waals surface area contributed by atoms with E-state index in [1.165, 1.54) is 11.6 Å². The molecule has 0 aliphatic heterocycles. The van der Waals surface area contributed by atoms with Crippen LogP contribution in [0.5, 0.6) is 0 Å². The third-order valence-corrected chi connectivity index (χ3v) is 3.64. The first kappa shape index (κ1) is 13.6. The van der Waals surface area contributed by atoms with Crippen molar-refractivity contribution in [1.29, 1.82) is 0 Å². The lowest BCUT2D eigenvalue weighted by Gasteiger charge is -2.06. The first-order valence-electron chi connectivity index (χ1n) is 6.22. The van der Waals surface area contributed by atoms with Gasteiger partial charge in [0.1, 0.15) is 0 Å². The fraction of sp³-hybridized carbons (Fsp3) is 0.231. The molecule has 8 heteroatoms. The van der Waals surface area contributed by atoms with Gasteiger partial charge < -0.3 is 4.57 Å². The third-order valence-electron chi connectivity index (χ3n) is 3.35. The van der Waals surface area contributed by atoms with E-state index in [-0.39, 0.29) is 16.4 Å². The summed E-state index contributed by atoms with van der Waals surface area (Å²) in [6.45, 7) is 0.309. The fourth-order valence-electron chi connectivity index (χ4n) is 2.22. The van der Waals surface area contributed by atoms with Gasteiger partial charge in [-0.05, 0) is 23.7 Å². The van der Waals surface area contributed by atoms with Gasteiger partial charge in [-0.15, -0.1) is 0 Å². The number of halogens is 1. The second kappa shape index (κ2) is 4.85. The molecule has 0 fully saturated rings. The lowest BCUT2D eigenvalue weighted by atomic mass is 10.3. The van der Waals surface area contributed by atoms with E-state index in [1.807, 2.05) is 12.1 Å². The van der Waals surface area contributed by atoms with Gasteiger partial charge in [-0.2, -0.15) is 4.98 Å². The van der Waals surface area contributed by atoms with E-state index < -0.39 is 11.2 Å². The van der Waals surface area contributed by atoms with Gasteiger partial charge in [0.25, 0.3) is 5.56 Å². The van der Waals surface area contributed by atoms with Crippen molar-refractivity contribution in [2.24, 2.45) is 14.1 Å². The highest BCUT2D eigenvalue weighted by molar-refractivity contribution is 6.29. The topological polar surface area (TPSA) is 74.7 Å². The van der Waals surface area contributed by atoms with Crippen LogP contribution in [0.3, 0.4) is 0 Å². The van der Waals surface area contributed by atoms with Crippen LogP contribution in [0.1, 0.15) is 5.69 Å². The van der Waals surface area contributed by atoms with Crippen LogP contribution in [0.15, 0.2) is 34.0 Å². The van der Waals surface area contributed by atoms with Gasteiger partial charge in [0, 0.05) is 20.3 Å². The normalized spacial score (nSPS) is 11.2. The Labute approximate surface area is 124 Å². The largest absolute Gasteiger partial charge is 0.332 e. The number of hydrogen-bond acceptors (Lipinski definition) is 4. The van der Waals surface area contributed by atoms with E-state index in [4.69, 9.17) is 11.6 Å². The Morgan fingerprint density at radius 3 is 2.62 bits per heavy atom. The molecule has 21 heavy (non-hydrogen) atoms. The highest BCUT2D eigenvalue weighted by Gasteiger charge is 2.18. The maximum atomic E-state index is 12.3. The van der Waals surface area contributed by atoms with Crippen molar-refractivity contribution in [2.45, 2.75) is 6.54 Å². The van der Waals surface area contributed by atoms with Gasteiger partial charge in [0.15, 0.2) is 11.2 Å². The molecule has 0 N–H and O–H groups in total. The lowest BCUT2D eigenvalue weighted by molar-refractivity contribution is 0.701. The van der Waals surface area contributed by atoms with Crippen LogP contribution in [-0.4, -0.2) is 23.7 Å². The SMILES string of the molecule is Cn1c(=O)c2c(nc(Cl)n2Cc2ccccn2)n(C)c1=O. The molecule has 0 aliphatic carbocycles. The lowest BCUT2D eigenvalue weighted by Crippen LogP contribution is -2.37. The second-order valence-corrected chi connectivity index (χ2v) is 5.00. The summed E-state index contributed by atoms with van der Waals surface area (Å²) in [6, 6.07) is 5.48. The van der Waals surface area contributed by atoms with E-state index in [2.05, 4.69) is 9.97 Å². The average molecular weight is 306 g/mol. The van der Waals surface area contributed by atoms with E-state index >= 15 is 0 Å². The Bertz CT molecular complexity index is 939. The van der Waals surface area contributed by atoms with E-state index in [0.29, 0.717) is 6.54 Å². The van der Waals surface area contributed by atoms with Crippen LogP contribution in [0.25, 0.3) is 11.2 Å². The molecule has 0 atom stereocenters. The molecule has 0 unspecified atom stereocenters. The summed E-state index contributed by atoms with van der Waals surface area (Å²) in [5, 5.41) is 0.147. The van der Waals surface area contributed by atoms with E-state index in [1.54, 1.807) is 23.9 Å². The Morgan fingerprint density at radius 2 is 1.95 bits per heavy atom. The Balaban J connectivity index is 2.32. The van der Waals surface area contributed by atoms with Crippen molar-refractivity contribution in [3.63, 3.8) is 0 Å². The molecule has 0 aliphatic rings. The number of imidazole rings is 1. The molecular formula is C13H12ClN5O2. The highest BCUT2D eigenvalue weighted by Crippen LogP contribution is 2.16. The van der Waals surface area contributed by atoms with Crippen LogP contribution >= 0.6 is 11.6 Å². The van der Waals surface area contributed by atoms with E-state index in [0.717, 1.165) is 10.3 Å². The van der Waals surface area contributed by atoms with Crippen LogP contribution in [0, 0.1) is 0 Å². The first-order chi connectivity index (χ1) is 10.0. The smallest absolute Gasteiger partial charge is 0.303 e. The molecule has 0 aromatic carbocycles. The second-order valence-electron chi connectivity index (χ2n) is 4.67. The van der Waals surface area contributed by atoms with Crippen LogP contribution in [0.4, 0.5) is 0 Å².